The van der Waals surface area contributed by atoms with E-state index in [1.165, 1.54) is 11.3 Å². The molecule has 0 spiro atoms. The van der Waals surface area contributed by atoms with Crippen LogP contribution in [0.5, 0.6) is 0 Å². The molecule has 3 N–H and O–H groups in total. The number of rotatable bonds is 8. The average Bonchev–Trinajstić information content (AvgIpc) is 2.70. The molecule has 2 heterocycles. The number of benzene rings is 1. The molecular weight excluding hydrogens is 376 g/mol. The Kier molecular flexibility index (Phi) is 6.43. The molecule has 0 saturated carbocycles. The lowest BCUT2D eigenvalue weighted by Crippen LogP contribution is -2.28. The maximum atomic E-state index is 13.2. The Morgan fingerprint density at radius 3 is 2.75 bits per heavy atom. The van der Waals surface area contributed by atoms with Gasteiger partial charge in [0, 0.05) is 47.8 Å². The number of aromatic nitrogens is 1. The topological polar surface area (TPSA) is 94.6 Å². The zero-order valence-electron chi connectivity index (χ0n) is 16.0. The average molecular weight is 401 g/mol. The second-order valence-corrected chi connectivity index (χ2v) is 7.44. The molecule has 7 nitrogen and oxygen atoms in total. The summed E-state index contributed by atoms with van der Waals surface area (Å²) in [5.74, 6) is 0. The number of likely N-dealkylation sites (N-methyl/N-ethyl adjacent to an activating group) is 1. The van der Waals surface area contributed by atoms with E-state index in [0.29, 0.717) is 10.8 Å². The quantitative estimate of drug-likeness (QED) is 0.502. The normalized spacial score (nSPS) is 11.2. The maximum Gasteiger partial charge on any atom is 0.404 e. The van der Waals surface area contributed by atoms with Crippen molar-refractivity contribution in [2.45, 2.75) is 20.4 Å². The molecule has 0 saturated heterocycles. The van der Waals surface area contributed by atoms with Crippen LogP contribution in [-0.2, 0) is 6.54 Å². The number of hydrogen-bond donors (Lipinski definition) is 3. The molecule has 0 aliphatic rings. The Morgan fingerprint density at radius 2 is 2.04 bits per heavy atom. The first-order chi connectivity index (χ1) is 13.5. The van der Waals surface area contributed by atoms with Crippen LogP contribution in [0.1, 0.15) is 19.4 Å². The first kappa shape index (κ1) is 20.0. The monoisotopic (exact) mass is 400 g/mol. The lowest BCUT2D eigenvalue weighted by molar-refractivity contribution is 0.194. The van der Waals surface area contributed by atoms with Crippen molar-refractivity contribution in [1.29, 1.82) is 0 Å². The minimum atomic E-state index is -1.09. The molecule has 0 unspecified atom stereocenters. The van der Waals surface area contributed by atoms with E-state index in [0.717, 1.165) is 46.8 Å². The third kappa shape index (κ3) is 4.23. The van der Waals surface area contributed by atoms with Crippen LogP contribution in [0.25, 0.3) is 20.2 Å². The molecular formula is C20H24N4O3S. The Bertz CT molecular complexity index is 1050. The summed E-state index contributed by atoms with van der Waals surface area (Å²) in [4.78, 5) is 30.5. The molecule has 3 rings (SSSR count). The van der Waals surface area contributed by atoms with Gasteiger partial charge >= 0.3 is 6.09 Å². The van der Waals surface area contributed by atoms with Crippen molar-refractivity contribution in [3.63, 3.8) is 0 Å². The Labute approximate surface area is 167 Å². The predicted molar refractivity (Wildman–Crippen MR) is 115 cm³/mol. The lowest BCUT2D eigenvalue weighted by atomic mass is 10.1. The number of anilines is 1. The van der Waals surface area contributed by atoms with Gasteiger partial charge < -0.3 is 20.6 Å². The summed E-state index contributed by atoms with van der Waals surface area (Å²) < 4.78 is 1.57. The zero-order valence-corrected chi connectivity index (χ0v) is 16.8. The lowest BCUT2D eigenvalue weighted by Gasteiger charge is -2.19. The summed E-state index contributed by atoms with van der Waals surface area (Å²) in [6.45, 7) is 7.96. The van der Waals surface area contributed by atoms with Crippen LogP contribution in [0, 0.1) is 0 Å². The highest BCUT2D eigenvalue weighted by atomic mass is 32.1. The Morgan fingerprint density at radius 1 is 1.25 bits per heavy atom. The first-order valence-electron chi connectivity index (χ1n) is 9.30. The maximum absolute atomic E-state index is 13.2. The Hall–Kier alpha value is -2.71. The van der Waals surface area contributed by atoms with Gasteiger partial charge in [0.15, 0.2) is 5.43 Å². The van der Waals surface area contributed by atoms with Gasteiger partial charge in [0.1, 0.15) is 0 Å². The molecule has 0 radical (unpaired) electrons. The molecule has 1 aromatic carbocycles. The number of amides is 1. The van der Waals surface area contributed by atoms with E-state index in [-0.39, 0.29) is 12.0 Å². The van der Waals surface area contributed by atoms with E-state index in [1.807, 2.05) is 12.1 Å². The van der Waals surface area contributed by atoms with E-state index in [4.69, 9.17) is 5.11 Å². The molecule has 2 aromatic heterocycles. The molecule has 1 amide bonds. The zero-order chi connectivity index (χ0) is 20.1. The van der Waals surface area contributed by atoms with Gasteiger partial charge in [0.25, 0.3) is 0 Å². The van der Waals surface area contributed by atoms with Crippen LogP contribution < -0.4 is 16.1 Å². The molecule has 0 aliphatic heterocycles. The van der Waals surface area contributed by atoms with Crippen molar-refractivity contribution in [2.75, 3.05) is 31.5 Å². The summed E-state index contributed by atoms with van der Waals surface area (Å²) in [5.41, 5.74) is 1.49. The molecule has 0 fully saturated rings. The van der Waals surface area contributed by atoms with Crippen LogP contribution in [0.4, 0.5) is 10.5 Å². The number of carbonyl (C=O) groups is 1. The molecule has 148 valence electrons. The van der Waals surface area contributed by atoms with Crippen molar-refractivity contribution in [3.8, 4) is 0 Å². The summed E-state index contributed by atoms with van der Waals surface area (Å²) in [7, 11) is 0. The predicted octanol–water partition coefficient (Wildman–Crippen LogP) is 3.33. The summed E-state index contributed by atoms with van der Waals surface area (Å²) in [6.07, 6.45) is 2.20. The van der Waals surface area contributed by atoms with Gasteiger partial charge in [-0.3, -0.25) is 9.78 Å². The summed E-state index contributed by atoms with van der Waals surface area (Å²) in [6, 6.07) is 5.47. The number of pyridine rings is 1. The number of nitrogens with zero attached hydrogens (tertiary/aromatic N) is 2. The van der Waals surface area contributed by atoms with Crippen molar-refractivity contribution >= 4 is 43.3 Å². The van der Waals surface area contributed by atoms with E-state index in [2.05, 4.69) is 34.4 Å². The van der Waals surface area contributed by atoms with Crippen LogP contribution in [0.2, 0.25) is 0 Å². The van der Waals surface area contributed by atoms with E-state index < -0.39 is 6.09 Å². The summed E-state index contributed by atoms with van der Waals surface area (Å²) in [5, 5.41) is 16.0. The van der Waals surface area contributed by atoms with Crippen LogP contribution in [0.3, 0.4) is 0 Å². The number of hydrogen-bond acceptors (Lipinski definition) is 6. The van der Waals surface area contributed by atoms with Gasteiger partial charge in [-0.1, -0.05) is 19.9 Å². The minimum Gasteiger partial charge on any atom is -0.465 e. The summed E-state index contributed by atoms with van der Waals surface area (Å²) >= 11 is 1.46. The molecule has 3 aromatic rings. The molecule has 28 heavy (non-hydrogen) atoms. The first-order valence-corrected chi connectivity index (χ1v) is 10.1. The fourth-order valence-electron chi connectivity index (χ4n) is 3.21. The van der Waals surface area contributed by atoms with Crippen LogP contribution in [0.15, 0.2) is 35.4 Å². The highest BCUT2D eigenvalue weighted by Gasteiger charge is 2.14. The van der Waals surface area contributed by atoms with E-state index in [9.17, 15) is 9.59 Å². The highest BCUT2D eigenvalue weighted by molar-refractivity contribution is 7.24. The fraction of sp³-hybridized carbons (Fsp3) is 0.350. The largest absolute Gasteiger partial charge is 0.465 e. The molecule has 8 heteroatoms. The number of nitrogens with one attached hydrogen (secondary N) is 2. The van der Waals surface area contributed by atoms with Crippen LogP contribution in [-0.4, -0.2) is 47.3 Å². The van der Waals surface area contributed by atoms with Crippen molar-refractivity contribution in [1.82, 2.24) is 15.2 Å². The van der Waals surface area contributed by atoms with E-state index in [1.54, 1.807) is 18.5 Å². The second-order valence-electron chi connectivity index (χ2n) is 6.39. The third-order valence-corrected chi connectivity index (χ3v) is 5.99. The van der Waals surface area contributed by atoms with Gasteiger partial charge in [0.2, 0.25) is 0 Å². The molecule has 0 bridgehead atoms. The minimum absolute atomic E-state index is 0.0614. The smallest absolute Gasteiger partial charge is 0.404 e. The number of carboxylic acid groups (broad SMARTS) is 1. The fourth-order valence-corrected chi connectivity index (χ4v) is 4.39. The van der Waals surface area contributed by atoms with Crippen molar-refractivity contribution in [2.24, 2.45) is 0 Å². The standard InChI is InChI=1S/C20H24N4O3S/c1-3-24(4-2)10-9-22-15-6-5-13(11-23-20(26)27)19-17(15)18(25)14-7-8-21-12-16(14)28-19/h5-8,12,22-23H,3-4,9-11H2,1-2H3,(H,26,27). The molecule has 0 atom stereocenters. The van der Waals surface area contributed by atoms with Crippen molar-refractivity contribution < 1.29 is 9.90 Å². The van der Waals surface area contributed by atoms with Crippen LogP contribution >= 0.6 is 11.3 Å². The van der Waals surface area contributed by atoms with Gasteiger partial charge in [0.05, 0.1) is 10.1 Å². The van der Waals surface area contributed by atoms with Gasteiger partial charge in [-0.25, -0.2) is 4.79 Å². The Balaban J connectivity index is 2.06. The highest BCUT2D eigenvalue weighted by Crippen LogP contribution is 2.31. The molecule has 0 aliphatic carbocycles. The van der Waals surface area contributed by atoms with Gasteiger partial charge in [-0.05, 0) is 30.8 Å². The number of fused-ring (bicyclic) bond motifs is 2. The third-order valence-electron chi connectivity index (χ3n) is 4.78. The van der Waals surface area contributed by atoms with Gasteiger partial charge in [-0.2, -0.15) is 0 Å². The van der Waals surface area contributed by atoms with E-state index >= 15 is 0 Å². The SMILES string of the molecule is CCN(CC)CCNc1ccc(CNC(=O)O)c2sc3cnccc3c(=O)c12. The second kappa shape index (κ2) is 8.99. The van der Waals surface area contributed by atoms with Crippen molar-refractivity contribution in [3.05, 3.63) is 46.4 Å². The van der Waals surface area contributed by atoms with Gasteiger partial charge in [-0.15, -0.1) is 11.3 Å².